The van der Waals surface area contributed by atoms with Crippen LogP contribution in [0.5, 0.6) is 0 Å². The lowest BCUT2D eigenvalue weighted by Crippen LogP contribution is -2.31. The number of hydrazone groups is 1. The molecular weight excluding hydrogens is 434 g/mol. The van der Waals surface area contributed by atoms with E-state index in [1.54, 1.807) is 0 Å². The van der Waals surface area contributed by atoms with E-state index < -0.39 is 0 Å². The van der Waals surface area contributed by atoms with Crippen LogP contribution in [0.4, 0.5) is 11.4 Å². The van der Waals surface area contributed by atoms with Gasteiger partial charge in [0.1, 0.15) is 5.76 Å². The van der Waals surface area contributed by atoms with Gasteiger partial charge in [0.25, 0.3) is 5.91 Å². The number of carbonyl (C=O) groups excluding carboxylic acids is 1. The van der Waals surface area contributed by atoms with E-state index in [4.69, 9.17) is 9.52 Å². The molecule has 5 rings (SSSR count). The number of amides is 1. The highest BCUT2D eigenvalue weighted by molar-refractivity contribution is 6.13. The number of para-hydroxylation sites is 1. The Labute approximate surface area is 206 Å². The third-order valence-electron chi connectivity index (χ3n) is 6.70. The van der Waals surface area contributed by atoms with Gasteiger partial charge in [0.2, 0.25) is 0 Å². The molecule has 0 bridgehead atoms. The molecule has 0 aliphatic heterocycles. The maximum Gasteiger partial charge on any atom is 0.294 e. The Hall–Kier alpha value is -3.86. The van der Waals surface area contributed by atoms with Gasteiger partial charge in [0, 0.05) is 29.5 Å². The van der Waals surface area contributed by atoms with Gasteiger partial charge in [-0.05, 0) is 49.3 Å². The summed E-state index contributed by atoms with van der Waals surface area (Å²) in [5.41, 5.74) is 7.73. The number of nitrogens with one attached hydrogen (secondary N) is 1. The second-order valence-electron chi connectivity index (χ2n) is 9.96. The molecule has 4 aromatic rings. The molecule has 1 aliphatic rings. The van der Waals surface area contributed by atoms with Crippen molar-refractivity contribution in [2.45, 2.75) is 40.5 Å². The monoisotopic (exact) mass is 465 g/mol. The number of anilines is 2. The molecule has 5 heteroatoms. The Kier molecular flexibility index (Phi) is 5.93. The first-order valence-corrected chi connectivity index (χ1v) is 12.2. The van der Waals surface area contributed by atoms with Gasteiger partial charge >= 0.3 is 0 Å². The predicted octanol–water partition coefficient (Wildman–Crippen LogP) is 7.20. The molecule has 35 heavy (non-hydrogen) atoms. The summed E-state index contributed by atoms with van der Waals surface area (Å²) in [7, 11) is 0. The molecule has 0 atom stereocenters. The molecule has 3 aromatic carbocycles. The lowest BCUT2D eigenvalue weighted by Gasteiger charge is -2.29. The molecule has 0 spiro atoms. The summed E-state index contributed by atoms with van der Waals surface area (Å²) in [6, 6.07) is 24.1. The van der Waals surface area contributed by atoms with Crippen LogP contribution in [0.25, 0.3) is 10.8 Å². The molecule has 5 nitrogen and oxygen atoms in total. The van der Waals surface area contributed by atoms with Crippen LogP contribution in [0.3, 0.4) is 0 Å². The second-order valence-corrected chi connectivity index (χ2v) is 9.96. The van der Waals surface area contributed by atoms with Crippen molar-refractivity contribution in [2.24, 2.45) is 10.5 Å². The van der Waals surface area contributed by atoms with Crippen molar-refractivity contribution in [2.75, 3.05) is 16.9 Å². The first kappa shape index (κ1) is 22.9. The molecule has 178 valence electrons. The third kappa shape index (κ3) is 4.34. The van der Waals surface area contributed by atoms with E-state index in [0.29, 0.717) is 12.3 Å². The summed E-state index contributed by atoms with van der Waals surface area (Å²) in [6.45, 7) is 8.93. The van der Waals surface area contributed by atoms with E-state index in [0.717, 1.165) is 57.6 Å². The Morgan fingerprint density at radius 2 is 1.71 bits per heavy atom. The van der Waals surface area contributed by atoms with Crippen LogP contribution in [0.1, 0.15) is 54.6 Å². The van der Waals surface area contributed by atoms with Crippen molar-refractivity contribution in [1.82, 2.24) is 0 Å². The van der Waals surface area contributed by atoms with Crippen LogP contribution in [-0.2, 0) is 6.42 Å². The summed E-state index contributed by atoms with van der Waals surface area (Å²) in [6.07, 6.45) is 1.57. The molecule has 1 heterocycles. The van der Waals surface area contributed by atoms with Crippen molar-refractivity contribution < 1.29 is 9.21 Å². The van der Waals surface area contributed by atoms with E-state index in [1.807, 2.05) is 73.3 Å². The highest BCUT2D eigenvalue weighted by atomic mass is 16.4. The van der Waals surface area contributed by atoms with Crippen LogP contribution >= 0.6 is 0 Å². The Morgan fingerprint density at radius 1 is 1.00 bits per heavy atom. The topological polar surface area (TPSA) is 57.8 Å². The van der Waals surface area contributed by atoms with Crippen molar-refractivity contribution in [3.63, 3.8) is 0 Å². The van der Waals surface area contributed by atoms with E-state index >= 15 is 0 Å². The number of rotatable bonds is 5. The van der Waals surface area contributed by atoms with E-state index in [9.17, 15) is 4.79 Å². The molecule has 0 saturated carbocycles. The number of benzene rings is 3. The van der Waals surface area contributed by atoms with E-state index in [1.165, 1.54) is 0 Å². The fourth-order valence-corrected chi connectivity index (χ4v) is 5.05. The fourth-order valence-electron chi connectivity index (χ4n) is 5.05. The van der Waals surface area contributed by atoms with Crippen LogP contribution in [0.15, 0.2) is 82.3 Å². The standard InChI is InChI=1S/C30H31N3O2/c1-5-33(25-17-11-13-21-12-9-10-16-23(21)25)29(34)28-20(2)27-24(18-30(3,4)19-26(27)35-28)32-31-22-14-7-6-8-15-22/h6-17,31H,5,18-19H2,1-4H3/b32-24-. The zero-order valence-corrected chi connectivity index (χ0v) is 20.8. The van der Waals surface area contributed by atoms with Gasteiger partial charge in [-0.3, -0.25) is 10.2 Å². The predicted molar refractivity (Wildman–Crippen MR) is 143 cm³/mol. The number of fused-ring (bicyclic) bond motifs is 2. The highest BCUT2D eigenvalue weighted by Crippen LogP contribution is 2.40. The van der Waals surface area contributed by atoms with E-state index in [2.05, 4.69) is 37.5 Å². The normalized spacial score (nSPS) is 15.7. The maximum absolute atomic E-state index is 13.9. The smallest absolute Gasteiger partial charge is 0.294 e. The van der Waals surface area contributed by atoms with Gasteiger partial charge in [-0.2, -0.15) is 5.10 Å². The van der Waals surface area contributed by atoms with Crippen LogP contribution < -0.4 is 10.3 Å². The third-order valence-corrected chi connectivity index (χ3v) is 6.70. The molecule has 0 radical (unpaired) electrons. The lowest BCUT2D eigenvalue weighted by atomic mass is 9.75. The highest BCUT2D eigenvalue weighted by Gasteiger charge is 2.37. The molecule has 0 saturated heterocycles. The number of carbonyl (C=O) groups is 1. The second kappa shape index (κ2) is 9.06. The number of hydrogen-bond acceptors (Lipinski definition) is 4. The summed E-state index contributed by atoms with van der Waals surface area (Å²) < 4.78 is 6.33. The molecule has 1 aromatic heterocycles. The van der Waals surface area contributed by atoms with Crippen molar-refractivity contribution in [1.29, 1.82) is 0 Å². The minimum Gasteiger partial charge on any atom is -0.455 e. The Bertz CT molecular complexity index is 1410. The number of nitrogens with zero attached hydrogens (tertiary/aromatic N) is 2. The Morgan fingerprint density at radius 3 is 2.49 bits per heavy atom. The molecule has 1 aliphatic carbocycles. The fraction of sp³-hybridized carbons (Fsp3) is 0.267. The van der Waals surface area contributed by atoms with Gasteiger partial charge in [0.05, 0.1) is 17.1 Å². The largest absolute Gasteiger partial charge is 0.455 e. The average molecular weight is 466 g/mol. The van der Waals surface area contributed by atoms with Gasteiger partial charge in [-0.1, -0.05) is 68.4 Å². The Balaban J connectivity index is 1.55. The van der Waals surface area contributed by atoms with Crippen LogP contribution in [0, 0.1) is 12.3 Å². The van der Waals surface area contributed by atoms with Crippen molar-refractivity contribution >= 4 is 33.8 Å². The van der Waals surface area contributed by atoms with Crippen molar-refractivity contribution in [3.05, 3.63) is 95.4 Å². The molecule has 1 amide bonds. The molecule has 0 unspecified atom stereocenters. The minimum atomic E-state index is -0.121. The maximum atomic E-state index is 13.9. The molecular formula is C30H31N3O2. The zero-order valence-electron chi connectivity index (χ0n) is 20.8. The SMILES string of the molecule is CCN(C(=O)c1oc2c(c1C)/C(=N\Nc1ccccc1)CC(C)(C)C2)c1cccc2ccccc12. The summed E-state index contributed by atoms with van der Waals surface area (Å²) >= 11 is 0. The first-order chi connectivity index (χ1) is 16.9. The zero-order chi connectivity index (χ0) is 24.6. The van der Waals surface area contributed by atoms with Gasteiger partial charge in [0.15, 0.2) is 5.76 Å². The summed E-state index contributed by atoms with van der Waals surface area (Å²) in [5, 5.41) is 6.93. The first-order valence-electron chi connectivity index (χ1n) is 12.2. The van der Waals surface area contributed by atoms with Gasteiger partial charge in [-0.25, -0.2) is 0 Å². The van der Waals surface area contributed by atoms with Crippen LogP contribution in [-0.4, -0.2) is 18.2 Å². The number of furan rings is 1. The van der Waals surface area contributed by atoms with Gasteiger partial charge in [-0.15, -0.1) is 0 Å². The lowest BCUT2D eigenvalue weighted by molar-refractivity contribution is 0.0958. The van der Waals surface area contributed by atoms with Crippen LogP contribution in [0.2, 0.25) is 0 Å². The summed E-state index contributed by atoms with van der Waals surface area (Å²) in [5.74, 6) is 1.11. The quantitative estimate of drug-likeness (QED) is 0.317. The van der Waals surface area contributed by atoms with Gasteiger partial charge < -0.3 is 9.32 Å². The van der Waals surface area contributed by atoms with E-state index in [-0.39, 0.29) is 11.3 Å². The summed E-state index contributed by atoms with van der Waals surface area (Å²) in [4.78, 5) is 15.7. The molecule has 0 fully saturated rings. The number of hydrogen-bond donors (Lipinski definition) is 1. The van der Waals surface area contributed by atoms with Crippen molar-refractivity contribution in [3.8, 4) is 0 Å². The minimum absolute atomic E-state index is 0.0190. The molecule has 1 N–H and O–H groups in total. The average Bonchev–Trinajstić information content (AvgIpc) is 3.18.